The van der Waals surface area contributed by atoms with Gasteiger partial charge >= 0.3 is 0 Å². The van der Waals surface area contributed by atoms with Gasteiger partial charge in [0.2, 0.25) is 0 Å². The molecule has 4 aliphatic rings. The van der Waals surface area contributed by atoms with Gasteiger partial charge in [-0.2, -0.15) is 0 Å². The van der Waals surface area contributed by atoms with Crippen LogP contribution in [-0.4, -0.2) is 13.4 Å². The molecule has 0 N–H and O–H groups in total. The van der Waals surface area contributed by atoms with Crippen molar-refractivity contribution in [2.75, 3.05) is 19.6 Å². The summed E-state index contributed by atoms with van der Waals surface area (Å²) in [7, 11) is 0. The van der Waals surface area contributed by atoms with E-state index in [1.54, 1.807) is 0 Å². The summed E-state index contributed by atoms with van der Waals surface area (Å²) in [5.74, 6) is 0. The first-order chi connectivity index (χ1) is 53.8. The molecule has 0 radical (unpaired) electrons. The van der Waals surface area contributed by atoms with Crippen molar-refractivity contribution in [1.29, 1.82) is 0 Å². The van der Waals surface area contributed by atoms with Crippen LogP contribution >= 0.6 is 11.3 Å². The maximum atomic E-state index is 2.62. The molecule has 0 saturated heterocycles. The van der Waals surface area contributed by atoms with Crippen LogP contribution in [0.25, 0.3) is 21.2 Å². The molecule has 12 aromatic rings. The van der Waals surface area contributed by atoms with Crippen LogP contribution in [0, 0.1) is 6.92 Å². The van der Waals surface area contributed by atoms with Crippen LogP contribution in [0.4, 0.5) is 68.2 Å². The Hall–Kier alpha value is -9.29. The molecule has 0 amide bonds. The molecule has 4 aliphatic heterocycles. The van der Waals surface area contributed by atoms with Crippen LogP contribution in [0.5, 0.6) is 0 Å². The van der Waals surface area contributed by atoms with Gasteiger partial charge in [-0.15, -0.1) is 11.3 Å². The van der Waals surface area contributed by atoms with Crippen LogP contribution in [-0.2, 0) is 54.1 Å². The average molecular weight is 1550 g/mol. The lowest BCUT2D eigenvalue weighted by Gasteiger charge is -2.46. The molecule has 0 atom stereocenters. The molecule has 1 aromatic heterocycles. The summed E-state index contributed by atoms with van der Waals surface area (Å²) < 4.78 is 1.41. The normalized spacial score (nSPS) is 14.4. The van der Waals surface area contributed by atoms with Crippen molar-refractivity contribution in [3.8, 4) is 11.1 Å². The van der Waals surface area contributed by atoms with Gasteiger partial charge in [-0.25, -0.2) is 0 Å². The van der Waals surface area contributed by atoms with E-state index < -0.39 is 0 Å². The van der Waals surface area contributed by atoms with Gasteiger partial charge < -0.3 is 19.6 Å². The van der Waals surface area contributed by atoms with Gasteiger partial charge in [0.15, 0.2) is 0 Å². The molecule has 4 nitrogen and oxygen atoms in total. The zero-order valence-corrected chi connectivity index (χ0v) is 76.9. The second kappa shape index (κ2) is 27.9. The second-order valence-electron chi connectivity index (χ2n) is 44.6. The van der Waals surface area contributed by atoms with Gasteiger partial charge in [0.05, 0.1) is 5.69 Å². The molecule has 0 fully saturated rings. The van der Waals surface area contributed by atoms with Crippen molar-refractivity contribution < 1.29 is 0 Å². The molecule has 596 valence electrons. The first-order valence-electron chi connectivity index (χ1n) is 42.9. The van der Waals surface area contributed by atoms with Crippen molar-refractivity contribution in [1.82, 2.24) is 0 Å². The lowest BCUT2D eigenvalue weighted by atomic mass is 9.32. The third-order valence-corrected chi connectivity index (χ3v) is 26.3. The smallest absolute Gasteiger partial charge is 0.252 e. The van der Waals surface area contributed by atoms with Crippen LogP contribution in [0.1, 0.15) is 269 Å². The number of hydrogen-bond acceptors (Lipinski definition) is 5. The van der Waals surface area contributed by atoms with Crippen molar-refractivity contribution in [2.24, 2.45) is 0 Å². The van der Waals surface area contributed by atoms with Crippen LogP contribution in [0.15, 0.2) is 212 Å². The number of rotatable bonds is 5. The van der Waals surface area contributed by atoms with Gasteiger partial charge in [0.1, 0.15) is 0 Å². The van der Waals surface area contributed by atoms with E-state index in [1.165, 1.54) is 183 Å². The molecule has 16 rings (SSSR count). The second-order valence-corrected chi connectivity index (χ2v) is 45.6. The summed E-state index contributed by atoms with van der Waals surface area (Å²) in [6.45, 7) is 72.3. The number of aryl methyl sites for hydroxylation is 1. The van der Waals surface area contributed by atoms with E-state index in [1.807, 2.05) is 11.3 Å². The fourth-order valence-electron chi connectivity index (χ4n) is 18.2. The summed E-state index contributed by atoms with van der Waals surface area (Å²) in [6, 6.07) is 81.7. The first-order valence-corrected chi connectivity index (χ1v) is 43.7. The third kappa shape index (κ3) is 14.7. The Morgan fingerprint density at radius 3 is 0.974 bits per heavy atom. The van der Waals surface area contributed by atoms with E-state index in [9.17, 15) is 0 Å². The third-order valence-electron chi connectivity index (χ3n) is 25.4. The highest BCUT2D eigenvalue weighted by atomic mass is 32.1. The predicted octanol–water partition coefficient (Wildman–Crippen LogP) is 27.7. The summed E-state index contributed by atoms with van der Waals surface area (Å²) in [5.41, 5.74) is 40.6. The number of benzene rings is 11. The molecule has 5 heterocycles. The standard InChI is InChI=1S/C57H67BN2.C52H61BN2S/c1-36-31-50-52-51(32-36)60(47-28-23-40(55(8,9)10)33-44(47)37-17-19-38(20-18-37)53(2,3)4)49-30-25-42(57(14,15)16)35-46(49)58(52)45-34-41(56(11,12)13)24-29-48(45)59(50)43-26-21-39(22-27-43)54(5,6)7;1-48(2,3)32-16-21-36(22-17-32)54-41-28-34(50(7,8)9)20-25-40(41)53-45-38-26-27-56-47(38)39(52(13,14)15)31-44(45)55(37-23-18-33(19-24-37)49(4,5)6)43-30-35(51(10,11)12)29-42(54)46(43)53/h17-35H,1-16H3;16-31H,1-15H3. The van der Waals surface area contributed by atoms with Crippen molar-refractivity contribution in [3.05, 3.63) is 273 Å². The predicted molar refractivity (Wildman–Crippen MR) is 513 cm³/mol. The van der Waals surface area contributed by atoms with Crippen molar-refractivity contribution in [3.63, 3.8) is 0 Å². The summed E-state index contributed by atoms with van der Waals surface area (Å²) in [5, 5.41) is 3.70. The highest BCUT2D eigenvalue weighted by Gasteiger charge is 2.49. The molecular formula is C109H128B2N4S. The summed E-state index contributed by atoms with van der Waals surface area (Å²) in [4.78, 5) is 10.4. The van der Waals surface area contributed by atoms with Crippen LogP contribution in [0.3, 0.4) is 0 Å². The van der Waals surface area contributed by atoms with E-state index in [2.05, 4.69) is 446 Å². The summed E-state index contributed by atoms with van der Waals surface area (Å²) >= 11 is 1.90. The first kappa shape index (κ1) is 81.8. The van der Waals surface area contributed by atoms with E-state index in [4.69, 9.17) is 0 Å². The van der Waals surface area contributed by atoms with Gasteiger partial charge in [0.25, 0.3) is 13.4 Å². The topological polar surface area (TPSA) is 13.0 Å². The maximum absolute atomic E-state index is 2.62. The Balaban J connectivity index is 0.000000183. The minimum atomic E-state index is -0.0771. The Morgan fingerprint density at radius 2 is 0.552 bits per heavy atom. The fraction of sp³-hybridized carbons (Fsp3) is 0.376. The molecular weight excluding hydrogens is 1420 g/mol. The lowest BCUT2D eigenvalue weighted by molar-refractivity contribution is 0.589. The highest BCUT2D eigenvalue weighted by Crippen LogP contribution is 2.53. The Bertz CT molecular complexity index is 5800. The molecule has 0 bridgehead atoms. The highest BCUT2D eigenvalue weighted by molar-refractivity contribution is 7.18. The Kier molecular flexibility index (Phi) is 19.7. The van der Waals surface area contributed by atoms with E-state index >= 15 is 0 Å². The number of thiophene rings is 1. The molecule has 11 aromatic carbocycles. The maximum Gasteiger partial charge on any atom is 0.252 e. The lowest BCUT2D eigenvalue weighted by Crippen LogP contribution is -2.61. The number of hydrogen-bond donors (Lipinski definition) is 0. The number of nitrogens with zero attached hydrogens (tertiary/aromatic N) is 4. The Morgan fingerprint density at radius 1 is 0.233 bits per heavy atom. The average Bonchev–Trinajstić information content (AvgIpc) is 1.04. The number of fused-ring (bicyclic) bond motifs is 10. The van der Waals surface area contributed by atoms with Gasteiger partial charge in [0, 0.05) is 72.8 Å². The van der Waals surface area contributed by atoms with E-state index in [0.29, 0.717) is 0 Å². The molecule has 0 aliphatic carbocycles. The Labute approximate surface area is 703 Å². The van der Waals surface area contributed by atoms with E-state index in [0.717, 1.165) is 0 Å². The van der Waals surface area contributed by atoms with Crippen LogP contribution in [0.2, 0.25) is 0 Å². The van der Waals surface area contributed by atoms with Crippen molar-refractivity contribution >= 4 is 136 Å². The minimum absolute atomic E-state index is 0.00177. The zero-order valence-electron chi connectivity index (χ0n) is 76.1. The summed E-state index contributed by atoms with van der Waals surface area (Å²) in [6.07, 6.45) is 0. The molecule has 0 saturated carbocycles. The fourth-order valence-corrected chi connectivity index (χ4v) is 19.3. The number of anilines is 12. The van der Waals surface area contributed by atoms with Gasteiger partial charge in [-0.1, -0.05) is 311 Å². The molecule has 0 spiro atoms. The van der Waals surface area contributed by atoms with Crippen LogP contribution < -0.4 is 52.4 Å². The van der Waals surface area contributed by atoms with E-state index in [-0.39, 0.29) is 67.6 Å². The van der Waals surface area contributed by atoms with Crippen molar-refractivity contribution in [2.45, 2.75) is 269 Å². The largest absolute Gasteiger partial charge is 0.311 e. The zero-order chi connectivity index (χ0) is 84.0. The molecule has 116 heavy (non-hydrogen) atoms. The monoisotopic (exact) mass is 1550 g/mol. The minimum Gasteiger partial charge on any atom is -0.311 e. The molecule has 7 heteroatoms. The SMILES string of the molecule is CC(C)(C)c1ccc(N2c3cc(C(C)(C)C)ccc3B3c4c2cc(C(C)(C)C)cc4N(c2ccc(C(C)(C)C)cc2)c2cc(C(C)(C)C)c4sccc4c23)cc1.Cc1cc2c3c(c1)N(c1ccc(C(C)(C)C)cc1-c1ccc(C(C)(C)C)cc1)c1ccc(C(C)(C)C)cc1B3c1cc(C(C)(C)C)ccc1N2c1ccc(C(C)(C)C)cc1. The van der Waals surface area contributed by atoms with Gasteiger partial charge in [-0.05, 0) is 275 Å². The molecule has 0 unspecified atom stereocenters. The quantitative estimate of drug-likeness (QED) is 0.159. The van der Waals surface area contributed by atoms with Gasteiger partial charge in [-0.3, -0.25) is 0 Å².